The fraction of sp³-hybridized carbons (Fsp3) is 0.267. The lowest BCUT2D eigenvalue weighted by Gasteiger charge is -2.09. The van der Waals surface area contributed by atoms with Gasteiger partial charge in [-0.3, -0.25) is 0 Å². The summed E-state index contributed by atoms with van der Waals surface area (Å²) in [5.41, 5.74) is 5.79. The number of hydrogen-bond acceptors (Lipinski definition) is 8. The number of nitrogens with zero attached hydrogens (tertiary/aromatic N) is 4. The molecule has 10 nitrogen and oxygen atoms in total. The van der Waals surface area contributed by atoms with Crippen LogP contribution in [0.2, 0.25) is 0 Å². The van der Waals surface area contributed by atoms with E-state index in [1.165, 1.54) is 0 Å². The maximum absolute atomic E-state index is 12.4. The minimum absolute atomic E-state index is 0.334. The first kappa shape index (κ1) is 27.0. The van der Waals surface area contributed by atoms with Gasteiger partial charge in [0.15, 0.2) is 0 Å². The Balaban J connectivity index is 1.30. The maximum atomic E-state index is 12.4. The summed E-state index contributed by atoms with van der Waals surface area (Å²) >= 11 is 0. The van der Waals surface area contributed by atoms with Crippen LogP contribution in [0.25, 0.3) is 44.8 Å². The van der Waals surface area contributed by atoms with E-state index in [4.69, 9.17) is 9.47 Å². The molecule has 10 heteroatoms. The number of carbonyl (C=O) groups is 2. The lowest BCUT2D eigenvalue weighted by atomic mass is 10.1. The van der Waals surface area contributed by atoms with E-state index in [0.29, 0.717) is 49.1 Å². The number of H-pyrrole nitrogens is 2. The molecule has 0 fully saturated rings. The molecule has 0 saturated carbocycles. The van der Waals surface area contributed by atoms with E-state index in [1.54, 1.807) is 24.3 Å². The normalized spacial score (nSPS) is 11.6. The lowest BCUT2D eigenvalue weighted by Crippen LogP contribution is -2.20. The number of imidazole rings is 2. The summed E-state index contributed by atoms with van der Waals surface area (Å²) in [7, 11) is 7.72. The van der Waals surface area contributed by atoms with E-state index in [1.807, 2.05) is 74.4 Å². The van der Waals surface area contributed by atoms with Crippen molar-refractivity contribution in [2.75, 3.05) is 54.5 Å². The molecule has 2 N–H and O–H groups in total. The number of likely N-dealkylation sites (N-methyl/N-ethyl adjacent to an activating group) is 2. The van der Waals surface area contributed by atoms with E-state index in [-0.39, 0.29) is 11.9 Å². The Morgan fingerprint density at radius 3 is 1.43 bits per heavy atom. The topological polar surface area (TPSA) is 116 Å². The number of hydrogen-bond donors (Lipinski definition) is 2. The average molecular weight is 541 g/mol. The molecular weight excluding hydrogens is 508 g/mol. The van der Waals surface area contributed by atoms with Crippen molar-refractivity contribution in [2.24, 2.45) is 0 Å². The molecule has 0 bridgehead atoms. The van der Waals surface area contributed by atoms with Crippen molar-refractivity contribution >= 4 is 34.0 Å². The van der Waals surface area contributed by atoms with Crippen molar-refractivity contribution in [1.82, 2.24) is 29.7 Å². The van der Waals surface area contributed by atoms with Gasteiger partial charge in [0.05, 0.1) is 33.2 Å². The summed E-state index contributed by atoms with van der Waals surface area (Å²) in [6.45, 7) is 2.00. The fourth-order valence-electron chi connectivity index (χ4n) is 4.14. The molecule has 0 amide bonds. The zero-order valence-corrected chi connectivity index (χ0v) is 23.0. The summed E-state index contributed by atoms with van der Waals surface area (Å²) in [5.74, 6) is 0.676. The summed E-state index contributed by atoms with van der Waals surface area (Å²) in [6.07, 6.45) is 0. The van der Waals surface area contributed by atoms with Gasteiger partial charge in [0.1, 0.15) is 24.9 Å². The molecule has 0 aliphatic rings. The quantitative estimate of drug-likeness (QED) is 0.253. The van der Waals surface area contributed by atoms with Crippen LogP contribution < -0.4 is 0 Å². The highest BCUT2D eigenvalue weighted by molar-refractivity contribution is 5.95. The SMILES string of the molecule is CN(C)CCOC(=O)c1ccc2nc(-c3ccc(-c4nc5ccc(C(=O)OCCN(C)C)cc5[nH]4)cc3)[nH]c2c1. The number of aromatic nitrogens is 4. The van der Waals surface area contributed by atoms with Gasteiger partial charge in [-0.05, 0) is 64.6 Å². The standard InChI is InChI=1S/C30H32N6O4/c1-35(2)13-15-39-29(37)21-9-11-23-25(17-21)33-27(31-23)19-5-7-20(8-6-19)28-32-24-12-10-22(18-26(24)34-28)30(38)40-16-14-36(3)4/h5-12,17-18H,13-16H2,1-4H3,(H,31,33)(H,32,34). The van der Waals surface area contributed by atoms with Gasteiger partial charge in [0, 0.05) is 24.2 Å². The van der Waals surface area contributed by atoms with Gasteiger partial charge in [0.25, 0.3) is 0 Å². The van der Waals surface area contributed by atoms with Crippen LogP contribution in [-0.4, -0.2) is 96.2 Å². The van der Waals surface area contributed by atoms with Gasteiger partial charge in [-0.2, -0.15) is 0 Å². The second-order valence-electron chi connectivity index (χ2n) is 10.1. The number of benzene rings is 3. The van der Waals surface area contributed by atoms with Crippen LogP contribution in [0.5, 0.6) is 0 Å². The molecule has 2 heterocycles. The third kappa shape index (κ3) is 6.19. The van der Waals surface area contributed by atoms with Gasteiger partial charge in [-0.15, -0.1) is 0 Å². The van der Waals surface area contributed by atoms with E-state index in [2.05, 4.69) is 19.9 Å². The van der Waals surface area contributed by atoms with Crippen molar-refractivity contribution in [2.45, 2.75) is 0 Å². The highest BCUT2D eigenvalue weighted by Crippen LogP contribution is 2.26. The summed E-state index contributed by atoms with van der Waals surface area (Å²) in [4.78, 5) is 44.7. The van der Waals surface area contributed by atoms with Gasteiger partial charge < -0.3 is 29.2 Å². The molecule has 0 aliphatic carbocycles. The van der Waals surface area contributed by atoms with Gasteiger partial charge in [0.2, 0.25) is 0 Å². The Hall–Kier alpha value is -4.54. The molecule has 0 spiro atoms. The van der Waals surface area contributed by atoms with Crippen LogP contribution in [0.15, 0.2) is 60.7 Å². The smallest absolute Gasteiger partial charge is 0.338 e. The number of rotatable bonds is 10. The van der Waals surface area contributed by atoms with Gasteiger partial charge >= 0.3 is 11.9 Å². The summed E-state index contributed by atoms with van der Waals surface area (Å²) < 4.78 is 10.7. The molecule has 0 aliphatic heterocycles. The predicted molar refractivity (Wildman–Crippen MR) is 154 cm³/mol. The number of ether oxygens (including phenoxy) is 2. The molecule has 0 radical (unpaired) electrons. The number of fused-ring (bicyclic) bond motifs is 2. The molecule has 0 atom stereocenters. The maximum Gasteiger partial charge on any atom is 0.338 e. The highest BCUT2D eigenvalue weighted by Gasteiger charge is 2.14. The van der Waals surface area contributed by atoms with Crippen LogP contribution in [0, 0.1) is 0 Å². The zero-order valence-electron chi connectivity index (χ0n) is 23.0. The largest absolute Gasteiger partial charge is 0.461 e. The minimum atomic E-state index is -0.358. The van der Waals surface area contributed by atoms with Crippen molar-refractivity contribution in [3.63, 3.8) is 0 Å². The molecule has 0 saturated heterocycles. The molecule has 2 aromatic heterocycles. The van der Waals surface area contributed by atoms with Crippen LogP contribution in [0.3, 0.4) is 0 Å². The molecule has 40 heavy (non-hydrogen) atoms. The fourth-order valence-corrected chi connectivity index (χ4v) is 4.14. The predicted octanol–water partition coefficient (Wildman–Crippen LogP) is 4.21. The Bertz CT molecular complexity index is 1530. The molecule has 5 rings (SSSR count). The van der Waals surface area contributed by atoms with E-state index in [0.717, 1.165) is 33.2 Å². The molecule has 206 valence electrons. The summed E-state index contributed by atoms with van der Waals surface area (Å²) in [5, 5.41) is 0. The Morgan fingerprint density at radius 1 is 0.650 bits per heavy atom. The zero-order chi connectivity index (χ0) is 28.2. The number of aromatic amines is 2. The minimum Gasteiger partial charge on any atom is -0.461 e. The van der Waals surface area contributed by atoms with Crippen molar-refractivity contribution in [1.29, 1.82) is 0 Å². The average Bonchev–Trinajstić information content (AvgIpc) is 3.56. The lowest BCUT2D eigenvalue weighted by molar-refractivity contribution is 0.0472. The monoisotopic (exact) mass is 540 g/mol. The number of carbonyl (C=O) groups excluding carboxylic acids is 2. The highest BCUT2D eigenvalue weighted by atomic mass is 16.5. The van der Waals surface area contributed by atoms with Crippen molar-refractivity contribution < 1.29 is 19.1 Å². The summed E-state index contributed by atoms with van der Waals surface area (Å²) in [6, 6.07) is 18.5. The first-order valence-electron chi connectivity index (χ1n) is 13.0. The van der Waals surface area contributed by atoms with Crippen molar-refractivity contribution in [3.05, 3.63) is 71.8 Å². The molecule has 0 unspecified atom stereocenters. The molecule has 3 aromatic carbocycles. The second kappa shape index (κ2) is 11.7. The molecular formula is C30H32N6O4. The van der Waals surface area contributed by atoms with Crippen molar-refractivity contribution in [3.8, 4) is 22.8 Å². The number of esters is 2. The van der Waals surface area contributed by atoms with Crippen LogP contribution in [0.1, 0.15) is 20.7 Å². The first-order valence-corrected chi connectivity index (χ1v) is 13.0. The van der Waals surface area contributed by atoms with Gasteiger partial charge in [-0.25, -0.2) is 19.6 Å². The Labute approximate surface area is 231 Å². The Morgan fingerprint density at radius 2 is 1.05 bits per heavy atom. The number of nitrogens with one attached hydrogen (secondary N) is 2. The first-order chi connectivity index (χ1) is 19.3. The van der Waals surface area contributed by atoms with E-state index >= 15 is 0 Å². The third-order valence-corrected chi connectivity index (χ3v) is 6.41. The third-order valence-electron chi connectivity index (χ3n) is 6.41. The van der Waals surface area contributed by atoms with Crippen LogP contribution >= 0.6 is 0 Å². The van der Waals surface area contributed by atoms with E-state index in [9.17, 15) is 9.59 Å². The molecule has 5 aromatic rings. The van der Waals surface area contributed by atoms with Gasteiger partial charge in [-0.1, -0.05) is 24.3 Å². The second-order valence-corrected chi connectivity index (χ2v) is 10.1. The van der Waals surface area contributed by atoms with Crippen LogP contribution in [-0.2, 0) is 9.47 Å². The Kier molecular flexibility index (Phi) is 7.90. The van der Waals surface area contributed by atoms with E-state index < -0.39 is 0 Å². The van der Waals surface area contributed by atoms with Crippen LogP contribution in [0.4, 0.5) is 0 Å².